The standard InChI is InChI=1S/C44H40N4/c1-21-9-29-30(10-22(21)2)38-18-40-33-13-25(5)26(6)14-34(33)42(47-40)20-44-36-16-28(8)27(7)15-35(36)43(48-44)19-41-32-12-24(4)23(3)11-31(32)39(46-41)17-37(29)45-38/h9-20,37,45-47H,1-8H3. The third-order valence-electron chi connectivity index (χ3n) is 11.2. The Kier molecular flexibility index (Phi) is 6.05. The maximum atomic E-state index is 5.37. The highest BCUT2D eigenvalue weighted by Gasteiger charge is 2.27. The van der Waals surface area contributed by atoms with Gasteiger partial charge in [0.05, 0.1) is 17.5 Å². The molecule has 236 valence electrons. The lowest BCUT2D eigenvalue weighted by Gasteiger charge is -2.09. The van der Waals surface area contributed by atoms with Crippen molar-refractivity contribution < 1.29 is 0 Å². The van der Waals surface area contributed by atoms with Gasteiger partial charge in [0.15, 0.2) is 0 Å². The molecule has 0 spiro atoms. The number of nitrogens with one attached hydrogen (secondary N) is 3. The summed E-state index contributed by atoms with van der Waals surface area (Å²) in [5.41, 5.74) is 20.5. The molecule has 4 nitrogen and oxygen atoms in total. The lowest BCUT2D eigenvalue weighted by atomic mass is 9.96. The predicted molar refractivity (Wildman–Crippen MR) is 204 cm³/mol. The van der Waals surface area contributed by atoms with Crippen LogP contribution in [0, 0.1) is 55.4 Å². The summed E-state index contributed by atoms with van der Waals surface area (Å²) < 4.78 is 0. The fraction of sp³-hybridized carbons (Fsp3) is 0.205. The number of H-pyrrole nitrogens is 2. The monoisotopic (exact) mass is 624 g/mol. The molecule has 1 atom stereocenters. The van der Waals surface area contributed by atoms with E-state index in [1.54, 1.807) is 0 Å². The van der Waals surface area contributed by atoms with E-state index < -0.39 is 0 Å². The van der Waals surface area contributed by atoms with E-state index in [-0.39, 0.29) is 6.04 Å². The molecule has 3 N–H and O–H groups in total. The third kappa shape index (κ3) is 4.25. The fourth-order valence-corrected chi connectivity index (χ4v) is 7.75. The second-order valence-corrected chi connectivity index (χ2v) is 14.4. The van der Waals surface area contributed by atoms with Crippen molar-refractivity contribution in [3.05, 3.63) is 137 Å². The van der Waals surface area contributed by atoms with Gasteiger partial charge in [-0.25, -0.2) is 4.99 Å². The molecular weight excluding hydrogens is 585 g/mol. The molecule has 3 aliphatic heterocycles. The van der Waals surface area contributed by atoms with Crippen LogP contribution in [0.3, 0.4) is 0 Å². The number of aliphatic imine (C=N–C) groups is 1. The Morgan fingerprint density at radius 1 is 0.479 bits per heavy atom. The van der Waals surface area contributed by atoms with Crippen LogP contribution in [0.5, 0.6) is 0 Å². The summed E-state index contributed by atoms with van der Waals surface area (Å²) in [6, 6.07) is 18.7. The molecule has 48 heavy (non-hydrogen) atoms. The zero-order chi connectivity index (χ0) is 33.2. The fourth-order valence-electron chi connectivity index (χ4n) is 7.75. The average molecular weight is 625 g/mol. The van der Waals surface area contributed by atoms with Crippen molar-refractivity contribution in [1.29, 1.82) is 0 Å². The van der Waals surface area contributed by atoms with E-state index in [1.165, 1.54) is 88.3 Å². The number of nitrogens with zero attached hydrogens (tertiary/aromatic N) is 1. The second-order valence-electron chi connectivity index (χ2n) is 14.4. The number of fused-ring (bicyclic) bond motifs is 19. The number of hydrogen-bond acceptors (Lipinski definition) is 2. The van der Waals surface area contributed by atoms with Crippen LogP contribution in [0.1, 0.15) is 84.2 Å². The van der Waals surface area contributed by atoms with Gasteiger partial charge in [-0.3, -0.25) is 0 Å². The van der Waals surface area contributed by atoms with Crippen molar-refractivity contribution in [3.63, 3.8) is 0 Å². The lowest BCUT2D eigenvalue weighted by Crippen LogP contribution is -2.17. The van der Waals surface area contributed by atoms with E-state index >= 15 is 0 Å². The number of rotatable bonds is 0. The molecule has 0 saturated carbocycles. The molecule has 0 radical (unpaired) electrons. The summed E-state index contributed by atoms with van der Waals surface area (Å²) in [4.78, 5) is 13.1. The Morgan fingerprint density at radius 3 is 1.67 bits per heavy atom. The molecule has 4 heteroatoms. The number of aryl methyl sites for hydroxylation is 8. The maximum Gasteiger partial charge on any atom is 0.0737 e. The second kappa shape index (κ2) is 10.1. The minimum Gasteiger partial charge on any atom is -0.374 e. The van der Waals surface area contributed by atoms with Crippen molar-refractivity contribution in [1.82, 2.24) is 15.3 Å². The first-order valence-corrected chi connectivity index (χ1v) is 17.0. The van der Waals surface area contributed by atoms with Crippen LogP contribution >= 0.6 is 0 Å². The van der Waals surface area contributed by atoms with Crippen LogP contribution in [0.4, 0.5) is 0 Å². The van der Waals surface area contributed by atoms with Crippen molar-refractivity contribution in [3.8, 4) is 0 Å². The van der Waals surface area contributed by atoms with Gasteiger partial charge in [0.25, 0.3) is 0 Å². The average Bonchev–Trinajstić information content (AvgIpc) is 3.74. The molecule has 0 aliphatic carbocycles. The van der Waals surface area contributed by atoms with Gasteiger partial charge in [-0.15, -0.1) is 0 Å². The van der Waals surface area contributed by atoms with Gasteiger partial charge >= 0.3 is 0 Å². The van der Waals surface area contributed by atoms with Crippen molar-refractivity contribution in [2.45, 2.75) is 61.4 Å². The van der Waals surface area contributed by atoms with Crippen LogP contribution in [-0.4, -0.2) is 15.7 Å². The molecule has 1 unspecified atom stereocenters. The minimum absolute atomic E-state index is 0.0149. The number of aromatic nitrogens is 2. The quantitative estimate of drug-likeness (QED) is 0.155. The molecule has 4 aromatic carbocycles. The number of benzene rings is 4. The molecule has 2 aromatic heterocycles. The zero-order valence-electron chi connectivity index (χ0n) is 29.0. The van der Waals surface area contributed by atoms with Crippen LogP contribution < -0.4 is 16.0 Å². The van der Waals surface area contributed by atoms with Gasteiger partial charge in [-0.05, 0) is 172 Å². The van der Waals surface area contributed by atoms with E-state index in [4.69, 9.17) is 4.99 Å². The maximum absolute atomic E-state index is 5.37. The SMILES string of the molecule is Cc1cc2c(cc1C)C1=NC2=Cc2[nH]c(c3cc(C)c(C)cc23)C=C2NC(C=c3[nH]c(c4cc(C)c(C)cc34)=C1)c1cc(C)c(C)cc12. The normalized spacial score (nSPS) is 16.2. The van der Waals surface area contributed by atoms with Gasteiger partial charge in [0.2, 0.25) is 0 Å². The highest BCUT2D eigenvalue weighted by Crippen LogP contribution is 2.39. The molecular formula is C44H40N4. The van der Waals surface area contributed by atoms with Gasteiger partial charge in [0.1, 0.15) is 0 Å². The van der Waals surface area contributed by atoms with Crippen LogP contribution in [0.2, 0.25) is 0 Å². The van der Waals surface area contributed by atoms with Gasteiger partial charge in [0, 0.05) is 66.0 Å². The topological polar surface area (TPSA) is 56.0 Å². The first kappa shape index (κ1) is 28.8. The Labute approximate surface area is 281 Å². The van der Waals surface area contributed by atoms with Crippen LogP contribution in [-0.2, 0) is 0 Å². The smallest absolute Gasteiger partial charge is 0.0737 e. The molecule has 5 heterocycles. The molecule has 6 aromatic rings. The largest absolute Gasteiger partial charge is 0.374 e. The summed E-state index contributed by atoms with van der Waals surface area (Å²) in [6.07, 6.45) is 9.21. The number of hydrogen-bond donors (Lipinski definition) is 3. The van der Waals surface area contributed by atoms with E-state index in [0.717, 1.165) is 39.2 Å². The van der Waals surface area contributed by atoms with Crippen molar-refractivity contribution in [2.75, 3.05) is 0 Å². The zero-order valence-corrected chi connectivity index (χ0v) is 29.0. The van der Waals surface area contributed by atoms with Gasteiger partial charge in [-0.2, -0.15) is 0 Å². The third-order valence-corrected chi connectivity index (χ3v) is 11.2. The summed E-state index contributed by atoms with van der Waals surface area (Å²) in [5.74, 6) is 0. The first-order valence-electron chi connectivity index (χ1n) is 17.0. The molecule has 0 amide bonds. The predicted octanol–water partition coefficient (Wildman–Crippen LogP) is 8.83. The van der Waals surface area contributed by atoms with Crippen LogP contribution in [0.15, 0.2) is 53.5 Å². The van der Waals surface area contributed by atoms with Gasteiger partial charge in [-0.1, -0.05) is 6.07 Å². The summed E-state index contributed by atoms with van der Waals surface area (Å²) >= 11 is 0. The molecule has 9 rings (SSSR count). The van der Waals surface area contributed by atoms with E-state index in [1.807, 2.05) is 0 Å². The molecule has 0 saturated heterocycles. The van der Waals surface area contributed by atoms with E-state index in [0.29, 0.717) is 0 Å². The highest BCUT2D eigenvalue weighted by atomic mass is 15.0. The van der Waals surface area contributed by atoms with E-state index in [9.17, 15) is 0 Å². The summed E-state index contributed by atoms with van der Waals surface area (Å²) in [6.45, 7) is 17.6. The molecule has 3 aliphatic rings. The Balaban J connectivity index is 1.43. The van der Waals surface area contributed by atoms with Crippen LogP contribution in [0.25, 0.3) is 57.2 Å². The molecule has 8 bridgehead atoms. The van der Waals surface area contributed by atoms with Crippen molar-refractivity contribution in [2.24, 2.45) is 4.99 Å². The summed E-state index contributed by atoms with van der Waals surface area (Å²) in [7, 11) is 0. The Hall–Kier alpha value is -5.35. The lowest BCUT2D eigenvalue weighted by molar-refractivity contribution is 0.850. The molecule has 0 fully saturated rings. The minimum atomic E-state index is 0.0149. The van der Waals surface area contributed by atoms with E-state index in [2.05, 4.69) is 144 Å². The highest BCUT2D eigenvalue weighted by molar-refractivity contribution is 6.28. The number of aromatic amines is 2. The Bertz CT molecular complexity index is 2660. The summed E-state index contributed by atoms with van der Waals surface area (Å²) in [5, 5.41) is 11.1. The van der Waals surface area contributed by atoms with Crippen molar-refractivity contribution >= 4 is 63.0 Å². The van der Waals surface area contributed by atoms with Gasteiger partial charge < -0.3 is 15.3 Å². The Morgan fingerprint density at radius 2 is 1.00 bits per heavy atom. The first-order chi connectivity index (χ1) is 23.0.